The van der Waals surface area contributed by atoms with Crippen molar-refractivity contribution in [1.29, 1.82) is 0 Å². The number of aromatic nitrogens is 2. The lowest BCUT2D eigenvalue weighted by Gasteiger charge is -2.32. The van der Waals surface area contributed by atoms with E-state index in [0.717, 1.165) is 84.1 Å². The second kappa shape index (κ2) is 14.3. The van der Waals surface area contributed by atoms with Crippen LogP contribution in [0.1, 0.15) is 18.4 Å². The van der Waals surface area contributed by atoms with Gasteiger partial charge in [0, 0.05) is 48.6 Å². The number of rotatable bonds is 11. The standard InChI is InChI=1S/C32H39N5O3.ClH/c1-36(2)19-20-40-27-9-5-23(6-10-27)22-37-17-15-25(16-18-37)33-32-30-21-28(39-4)13-14-29(30)31(34-35-32)24-7-11-26(38-3)12-8-24;/h5-14,21,25H,15-20,22H2,1-4H3,(H,33,35);1H. The van der Waals surface area contributed by atoms with Gasteiger partial charge >= 0.3 is 0 Å². The molecule has 5 rings (SSSR count). The first-order valence-electron chi connectivity index (χ1n) is 13.9. The summed E-state index contributed by atoms with van der Waals surface area (Å²) in [4.78, 5) is 4.63. The van der Waals surface area contributed by atoms with Gasteiger partial charge in [0.05, 0.1) is 14.2 Å². The number of nitrogens with one attached hydrogen (secondary N) is 1. The van der Waals surface area contributed by atoms with E-state index in [-0.39, 0.29) is 12.4 Å². The Hall–Kier alpha value is -3.59. The van der Waals surface area contributed by atoms with E-state index < -0.39 is 0 Å². The Balaban J connectivity index is 0.00000387. The highest BCUT2D eigenvalue weighted by Crippen LogP contribution is 2.34. The number of piperidine rings is 1. The zero-order chi connectivity index (χ0) is 27.9. The molecule has 1 N–H and O–H groups in total. The van der Waals surface area contributed by atoms with Gasteiger partial charge in [-0.15, -0.1) is 22.6 Å². The second-order valence-electron chi connectivity index (χ2n) is 10.5. The Bertz CT molecular complexity index is 1390. The fraction of sp³-hybridized carbons (Fsp3) is 0.375. The molecular weight excluding hydrogens is 538 g/mol. The van der Waals surface area contributed by atoms with Crippen LogP contribution in [0.5, 0.6) is 17.2 Å². The number of likely N-dealkylation sites (tertiary alicyclic amines) is 1. The van der Waals surface area contributed by atoms with E-state index in [1.165, 1.54) is 5.56 Å². The molecule has 4 aromatic rings. The lowest BCUT2D eigenvalue weighted by Crippen LogP contribution is -2.38. The van der Waals surface area contributed by atoms with Crippen molar-refractivity contribution in [3.63, 3.8) is 0 Å². The number of nitrogens with zero attached hydrogens (tertiary/aromatic N) is 4. The van der Waals surface area contributed by atoms with Crippen LogP contribution in [0.3, 0.4) is 0 Å². The maximum Gasteiger partial charge on any atom is 0.156 e. The van der Waals surface area contributed by atoms with Crippen molar-refractivity contribution in [2.45, 2.75) is 25.4 Å². The molecule has 218 valence electrons. The Kier molecular flexibility index (Phi) is 10.6. The second-order valence-corrected chi connectivity index (χ2v) is 10.5. The van der Waals surface area contributed by atoms with Gasteiger partial charge in [-0.3, -0.25) is 4.90 Å². The Morgan fingerprint density at radius 1 is 0.829 bits per heavy atom. The summed E-state index contributed by atoms with van der Waals surface area (Å²) in [6.07, 6.45) is 2.08. The van der Waals surface area contributed by atoms with Gasteiger partial charge in [-0.2, -0.15) is 0 Å². The maximum atomic E-state index is 5.83. The number of fused-ring (bicyclic) bond motifs is 1. The van der Waals surface area contributed by atoms with Crippen molar-refractivity contribution in [2.75, 3.05) is 59.9 Å². The molecule has 1 saturated heterocycles. The van der Waals surface area contributed by atoms with Crippen LogP contribution in [-0.4, -0.2) is 80.6 Å². The van der Waals surface area contributed by atoms with E-state index in [2.05, 4.69) is 69.7 Å². The van der Waals surface area contributed by atoms with Crippen LogP contribution >= 0.6 is 12.4 Å². The molecule has 0 aliphatic carbocycles. The zero-order valence-corrected chi connectivity index (χ0v) is 25.1. The topological polar surface area (TPSA) is 72.0 Å². The highest BCUT2D eigenvalue weighted by molar-refractivity contribution is 6.00. The van der Waals surface area contributed by atoms with Crippen molar-refractivity contribution in [3.05, 3.63) is 72.3 Å². The number of benzene rings is 3. The summed E-state index contributed by atoms with van der Waals surface area (Å²) >= 11 is 0. The van der Waals surface area contributed by atoms with Crippen molar-refractivity contribution < 1.29 is 14.2 Å². The van der Waals surface area contributed by atoms with Crippen LogP contribution in [0.15, 0.2) is 66.7 Å². The number of hydrogen-bond donors (Lipinski definition) is 1. The summed E-state index contributed by atoms with van der Waals surface area (Å²) in [6.45, 7) is 4.60. The van der Waals surface area contributed by atoms with Crippen molar-refractivity contribution in [1.82, 2.24) is 20.0 Å². The molecule has 0 spiro atoms. The van der Waals surface area contributed by atoms with Crippen LogP contribution in [0.4, 0.5) is 5.82 Å². The molecule has 3 aromatic carbocycles. The Morgan fingerprint density at radius 2 is 1.49 bits per heavy atom. The van der Waals surface area contributed by atoms with Crippen LogP contribution < -0.4 is 19.5 Å². The molecular formula is C32H40ClN5O3. The van der Waals surface area contributed by atoms with Gasteiger partial charge in [0.1, 0.15) is 29.5 Å². The summed E-state index contributed by atoms with van der Waals surface area (Å²) in [7, 11) is 7.46. The molecule has 1 aromatic heterocycles. The first kappa shape index (κ1) is 30.4. The highest BCUT2D eigenvalue weighted by Gasteiger charge is 2.21. The fourth-order valence-corrected chi connectivity index (χ4v) is 5.05. The monoisotopic (exact) mass is 577 g/mol. The Labute approximate surface area is 249 Å². The van der Waals surface area contributed by atoms with Gasteiger partial charge in [-0.25, -0.2) is 0 Å². The first-order valence-corrected chi connectivity index (χ1v) is 13.9. The molecule has 2 heterocycles. The number of methoxy groups -OCH3 is 2. The minimum Gasteiger partial charge on any atom is -0.497 e. The average Bonchev–Trinajstić information content (AvgIpc) is 2.99. The number of likely N-dealkylation sites (N-methyl/N-ethyl adjacent to an activating group) is 1. The smallest absolute Gasteiger partial charge is 0.156 e. The van der Waals surface area contributed by atoms with Crippen LogP contribution in [0, 0.1) is 0 Å². The van der Waals surface area contributed by atoms with Gasteiger partial charge in [-0.05, 0) is 87.1 Å². The molecule has 9 heteroatoms. The highest BCUT2D eigenvalue weighted by atomic mass is 35.5. The molecule has 1 fully saturated rings. The normalized spacial score (nSPS) is 14.1. The lowest BCUT2D eigenvalue weighted by atomic mass is 10.0. The molecule has 0 radical (unpaired) electrons. The molecule has 1 aliphatic rings. The molecule has 0 bridgehead atoms. The summed E-state index contributed by atoms with van der Waals surface area (Å²) in [6, 6.07) is 22.8. The van der Waals surface area contributed by atoms with Crippen LogP contribution in [0.25, 0.3) is 22.0 Å². The molecule has 0 atom stereocenters. The largest absolute Gasteiger partial charge is 0.497 e. The van der Waals surface area contributed by atoms with E-state index in [1.54, 1.807) is 14.2 Å². The summed E-state index contributed by atoms with van der Waals surface area (Å²) in [5.41, 5.74) is 3.15. The van der Waals surface area contributed by atoms with Crippen LogP contribution in [-0.2, 0) is 6.54 Å². The zero-order valence-electron chi connectivity index (χ0n) is 24.3. The molecule has 0 unspecified atom stereocenters. The molecule has 0 amide bonds. The van der Waals surface area contributed by atoms with Gasteiger partial charge in [0.25, 0.3) is 0 Å². The summed E-state index contributed by atoms with van der Waals surface area (Å²) in [5.74, 6) is 3.34. The molecule has 1 aliphatic heterocycles. The third-order valence-corrected chi connectivity index (χ3v) is 7.42. The SMILES string of the molecule is COc1ccc(-c2nnc(NC3CCN(Cc4ccc(OCCN(C)C)cc4)CC3)c3cc(OC)ccc23)cc1.Cl. The van der Waals surface area contributed by atoms with Gasteiger partial charge in [0.15, 0.2) is 5.82 Å². The van der Waals surface area contributed by atoms with Gasteiger partial charge < -0.3 is 24.4 Å². The quantitative estimate of drug-likeness (QED) is 0.241. The molecule has 41 heavy (non-hydrogen) atoms. The third-order valence-electron chi connectivity index (χ3n) is 7.42. The van der Waals surface area contributed by atoms with E-state index in [4.69, 9.17) is 14.2 Å². The fourth-order valence-electron chi connectivity index (χ4n) is 5.05. The Morgan fingerprint density at radius 3 is 2.15 bits per heavy atom. The van der Waals surface area contributed by atoms with E-state index in [9.17, 15) is 0 Å². The number of halogens is 1. The van der Waals surface area contributed by atoms with E-state index in [0.29, 0.717) is 12.6 Å². The van der Waals surface area contributed by atoms with Gasteiger partial charge in [-0.1, -0.05) is 12.1 Å². The maximum absolute atomic E-state index is 5.83. The summed E-state index contributed by atoms with van der Waals surface area (Å²) in [5, 5.41) is 15.0. The minimum atomic E-state index is 0. The van der Waals surface area contributed by atoms with Crippen molar-refractivity contribution in [3.8, 4) is 28.5 Å². The van der Waals surface area contributed by atoms with Crippen molar-refractivity contribution >= 4 is 29.0 Å². The lowest BCUT2D eigenvalue weighted by molar-refractivity contribution is 0.211. The average molecular weight is 578 g/mol. The number of hydrogen-bond acceptors (Lipinski definition) is 8. The minimum absolute atomic E-state index is 0. The third kappa shape index (κ3) is 7.79. The first-order chi connectivity index (χ1) is 19.5. The van der Waals surface area contributed by atoms with E-state index in [1.807, 2.05) is 36.4 Å². The summed E-state index contributed by atoms with van der Waals surface area (Å²) < 4.78 is 16.7. The van der Waals surface area contributed by atoms with E-state index >= 15 is 0 Å². The molecule has 0 saturated carbocycles. The van der Waals surface area contributed by atoms with Gasteiger partial charge in [0.2, 0.25) is 0 Å². The predicted molar refractivity (Wildman–Crippen MR) is 168 cm³/mol. The van der Waals surface area contributed by atoms with Crippen molar-refractivity contribution in [2.24, 2.45) is 0 Å². The van der Waals surface area contributed by atoms with Crippen LogP contribution in [0.2, 0.25) is 0 Å². The molecule has 8 nitrogen and oxygen atoms in total. The predicted octanol–water partition coefficient (Wildman–Crippen LogP) is 5.75. The number of ether oxygens (including phenoxy) is 3. The number of anilines is 1.